The van der Waals surface area contributed by atoms with E-state index in [1.807, 2.05) is 6.08 Å². The highest BCUT2D eigenvalue weighted by atomic mass is 79.9. The molecule has 2 aromatic carbocycles. The van der Waals surface area contributed by atoms with Gasteiger partial charge < -0.3 is 21.7 Å². The van der Waals surface area contributed by atoms with Crippen LogP contribution < -0.4 is 26.3 Å². The van der Waals surface area contributed by atoms with Crippen LogP contribution in [0, 0.1) is 0 Å². The third kappa shape index (κ3) is 11.2. The molecule has 36 heavy (non-hydrogen) atoms. The molecule has 1 heterocycles. The first-order chi connectivity index (χ1) is 17.3. The monoisotopic (exact) mass is 545 g/mol. The van der Waals surface area contributed by atoms with E-state index in [0.717, 1.165) is 31.7 Å². The molecule has 3 heteroatoms. The summed E-state index contributed by atoms with van der Waals surface area (Å²) in [6.45, 7) is 7.71. The van der Waals surface area contributed by atoms with Gasteiger partial charge in [0.05, 0.1) is 6.61 Å². The highest BCUT2D eigenvalue weighted by Gasteiger charge is 1.97. The Morgan fingerprint density at radius 2 is 1.08 bits per heavy atom. The van der Waals surface area contributed by atoms with Crippen molar-refractivity contribution in [1.82, 2.24) is 0 Å². The number of ether oxygens (including phenoxy) is 1. The molecule has 0 N–H and O–H groups in total. The van der Waals surface area contributed by atoms with Gasteiger partial charge in [-0.05, 0) is 60.6 Å². The number of hydrogen-bond donors (Lipinski definition) is 0. The summed E-state index contributed by atoms with van der Waals surface area (Å²) in [6, 6.07) is 21.3. The van der Waals surface area contributed by atoms with Crippen molar-refractivity contribution in [1.29, 1.82) is 0 Å². The maximum absolute atomic E-state index is 5.90. The lowest BCUT2D eigenvalue weighted by molar-refractivity contribution is -0.693. The molecule has 0 atom stereocenters. The summed E-state index contributed by atoms with van der Waals surface area (Å²) >= 11 is 0. The van der Waals surface area contributed by atoms with Crippen LogP contribution in [0.3, 0.4) is 0 Å². The summed E-state index contributed by atoms with van der Waals surface area (Å²) in [5.74, 6) is 0.951. The lowest BCUT2D eigenvalue weighted by atomic mass is 10.1. The van der Waals surface area contributed by atoms with E-state index in [1.165, 1.54) is 54.4 Å². The Morgan fingerprint density at radius 3 is 1.58 bits per heavy atom. The number of pyridine rings is 1. The third-order valence-electron chi connectivity index (χ3n) is 6.11. The van der Waals surface area contributed by atoms with Crippen LogP contribution in [0.15, 0.2) is 85.7 Å². The van der Waals surface area contributed by atoms with Crippen molar-refractivity contribution in [3.63, 3.8) is 0 Å². The van der Waals surface area contributed by atoms with Gasteiger partial charge in [-0.15, -0.1) is 6.58 Å². The number of aromatic nitrogens is 1. The zero-order valence-electron chi connectivity index (χ0n) is 21.6. The van der Waals surface area contributed by atoms with Crippen molar-refractivity contribution in [2.75, 3.05) is 6.61 Å². The number of hydrogen-bond acceptors (Lipinski definition) is 1. The predicted octanol–water partition coefficient (Wildman–Crippen LogP) is 5.63. The van der Waals surface area contributed by atoms with Crippen molar-refractivity contribution in [3.05, 3.63) is 108 Å². The summed E-state index contributed by atoms with van der Waals surface area (Å²) in [5, 5.41) is 0. The molecule has 0 amide bonds. The Kier molecular flexibility index (Phi) is 14.3. The largest absolute Gasteiger partial charge is 1.00 e. The van der Waals surface area contributed by atoms with E-state index >= 15 is 0 Å². The summed E-state index contributed by atoms with van der Waals surface area (Å²) in [5.41, 5.74) is 4.77. The van der Waals surface area contributed by atoms with E-state index in [2.05, 4.69) is 115 Å². The Hall–Kier alpha value is -2.91. The van der Waals surface area contributed by atoms with Gasteiger partial charge in [0.2, 0.25) is 0 Å². The summed E-state index contributed by atoms with van der Waals surface area (Å²) < 4.78 is 8.07. The van der Waals surface area contributed by atoms with Gasteiger partial charge in [0.1, 0.15) is 12.3 Å². The van der Waals surface area contributed by atoms with Gasteiger partial charge in [-0.25, -0.2) is 4.57 Å². The average molecular weight is 547 g/mol. The summed E-state index contributed by atoms with van der Waals surface area (Å²) in [7, 11) is 0. The van der Waals surface area contributed by atoms with E-state index in [-0.39, 0.29) is 17.0 Å². The fourth-order valence-electron chi connectivity index (χ4n) is 3.86. The molecule has 3 rings (SSSR count). The lowest BCUT2D eigenvalue weighted by Gasteiger charge is -2.06. The van der Waals surface area contributed by atoms with Crippen LogP contribution in [0.1, 0.15) is 74.1 Å². The molecule has 0 saturated carbocycles. The first-order valence-corrected chi connectivity index (χ1v) is 13.1. The van der Waals surface area contributed by atoms with E-state index in [4.69, 9.17) is 4.74 Å². The van der Waals surface area contributed by atoms with Gasteiger partial charge in [-0.1, -0.05) is 92.5 Å². The zero-order chi connectivity index (χ0) is 24.6. The summed E-state index contributed by atoms with van der Waals surface area (Å²) in [4.78, 5) is 0. The van der Waals surface area contributed by atoms with E-state index in [0.29, 0.717) is 0 Å². The van der Waals surface area contributed by atoms with Crippen LogP contribution in [-0.2, 0) is 6.54 Å². The van der Waals surface area contributed by atoms with Crippen molar-refractivity contribution in [3.8, 4) is 5.75 Å². The van der Waals surface area contributed by atoms with Crippen LogP contribution in [0.25, 0.3) is 24.3 Å². The van der Waals surface area contributed by atoms with Gasteiger partial charge in [0.25, 0.3) is 0 Å². The fourth-order valence-corrected chi connectivity index (χ4v) is 3.86. The number of halogens is 1. The number of allylic oxidation sites excluding steroid dienone is 1. The molecule has 0 fully saturated rings. The van der Waals surface area contributed by atoms with Crippen LogP contribution in [0.4, 0.5) is 0 Å². The molecule has 3 aromatic rings. The average Bonchev–Trinajstić information content (AvgIpc) is 2.91. The minimum Gasteiger partial charge on any atom is -1.00 e. The molecule has 0 spiro atoms. The molecule has 0 saturated heterocycles. The van der Waals surface area contributed by atoms with Crippen LogP contribution in [0.5, 0.6) is 5.75 Å². The molecule has 0 unspecified atom stereocenters. The topological polar surface area (TPSA) is 13.1 Å². The van der Waals surface area contributed by atoms with Crippen LogP contribution >= 0.6 is 0 Å². The quantitative estimate of drug-likeness (QED) is 0.104. The van der Waals surface area contributed by atoms with E-state index in [1.54, 1.807) is 0 Å². The first kappa shape index (κ1) is 29.3. The molecule has 2 nitrogen and oxygen atoms in total. The Balaban J connectivity index is 0.00000456. The Bertz CT molecular complexity index is 1050. The molecular formula is C33H40BrNO. The standard InChI is InChI=1S/C33H40NO.BrH/c1-3-5-6-7-8-9-10-11-28-35-33-22-20-31(21-23-33)17-16-29-12-14-30(15-13-29)18-19-32-24-26-34(4-2)27-25-32;/h3,12-27H,1,4-11,28H2,2H3;1H/q+1;/p-1/b17-16+,19-18+;. The van der Waals surface area contributed by atoms with Crippen molar-refractivity contribution in [2.24, 2.45) is 0 Å². The van der Waals surface area contributed by atoms with Crippen LogP contribution in [-0.4, -0.2) is 6.61 Å². The number of unbranched alkanes of at least 4 members (excludes halogenated alkanes) is 6. The van der Waals surface area contributed by atoms with Crippen molar-refractivity contribution < 1.29 is 26.3 Å². The number of rotatable bonds is 15. The van der Waals surface area contributed by atoms with Crippen LogP contribution in [0.2, 0.25) is 0 Å². The highest BCUT2D eigenvalue weighted by molar-refractivity contribution is 5.72. The SMILES string of the molecule is C=CCCCCCCCCOc1ccc(/C=C/c2ccc(/C=C/c3cc[n+](CC)cc3)cc2)cc1.[Br-]. The minimum absolute atomic E-state index is 0. The molecule has 0 bridgehead atoms. The maximum Gasteiger partial charge on any atom is 0.169 e. The fraction of sp³-hybridized carbons (Fsp3) is 0.303. The van der Waals surface area contributed by atoms with E-state index < -0.39 is 0 Å². The Morgan fingerprint density at radius 1 is 0.639 bits per heavy atom. The second-order valence-corrected chi connectivity index (χ2v) is 8.91. The molecular weight excluding hydrogens is 506 g/mol. The van der Waals surface area contributed by atoms with Gasteiger partial charge in [0, 0.05) is 12.1 Å². The molecule has 190 valence electrons. The highest BCUT2D eigenvalue weighted by Crippen LogP contribution is 2.16. The predicted molar refractivity (Wildman–Crippen MR) is 151 cm³/mol. The number of nitrogens with zero attached hydrogens (tertiary/aromatic N) is 1. The Labute approximate surface area is 228 Å². The number of benzene rings is 2. The summed E-state index contributed by atoms with van der Waals surface area (Å²) in [6.07, 6.45) is 23.6. The molecule has 1 aromatic heterocycles. The lowest BCUT2D eigenvalue weighted by Crippen LogP contribution is -3.00. The second-order valence-electron chi connectivity index (χ2n) is 8.91. The normalized spacial score (nSPS) is 11.0. The van der Waals surface area contributed by atoms with Gasteiger partial charge in [0.15, 0.2) is 12.4 Å². The van der Waals surface area contributed by atoms with Crippen molar-refractivity contribution in [2.45, 2.75) is 58.4 Å². The molecule has 0 aliphatic carbocycles. The van der Waals surface area contributed by atoms with Gasteiger partial charge >= 0.3 is 0 Å². The molecule has 0 aliphatic heterocycles. The third-order valence-corrected chi connectivity index (χ3v) is 6.11. The molecule has 0 aliphatic rings. The second kappa shape index (κ2) is 17.5. The van der Waals surface area contributed by atoms with Gasteiger partial charge in [-0.2, -0.15) is 0 Å². The molecule has 0 radical (unpaired) electrons. The maximum atomic E-state index is 5.90. The van der Waals surface area contributed by atoms with Crippen molar-refractivity contribution >= 4 is 24.3 Å². The number of aryl methyl sites for hydroxylation is 1. The minimum atomic E-state index is 0. The zero-order valence-corrected chi connectivity index (χ0v) is 23.2. The van der Waals surface area contributed by atoms with Gasteiger partial charge in [-0.3, -0.25) is 0 Å². The van der Waals surface area contributed by atoms with E-state index in [9.17, 15) is 0 Å². The smallest absolute Gasteiger partial charge is 0.169 e. The first-order valence-electron chi connectivity index (χ1n) is 13.1.